The van der Waals surface area contributed by atoms with E-state index in [1.54, 1.807) is 6.92 Å². The maximum Gasteiger partial charge on any atom is 0.328 e. The van der Waals surface area contributed by atoms with Gasteiger partial charge in [-0.1, -0.05) is 12.2 Å². The number of esters is 1. The van der Waals surface area contributed by atoms with Gasteiger partial charge in [0.15, 0.2) is 0 Å². The molecule has 0 aromatic rings. The quantitative estimate of drug-likeness (QED) is 0.299. The molecule has 1 rings (SSSR count). The molecule has 1 amide bonds. The number of ketones is 1. The smallest absolute Gasteiger partial charge is 0.328 e. The van der Waals surface area contributed by atoms with Gasteiger partial charge >= 0.3 is 5.97 Å². The Labute approximate surface area is 132 Å². The Balaban J connectivity index is 2.49. The molecule has 0 aromatic carbocycles. The molecule has 22 heavy (non-hydrogen) atoms. The highest BCUT2D eigenvalue weighted by Gasteiger charge is 2.38. The van der Waals surface area contributed by atoms with Gasteiger partial charge in [0.25, 0.3) is 0 Å². The van der Waals surface area contributed by atoms with E-state index in [1.807, 2.05) is 13.0 Å². The van der Waals surface area contributed by atoms with Crippen LogP contribution in [-0.2, 0) is 19.1 Å². The number of unbranched alkanes of at least 4 members (excludes halogenated alkanes) is 2. The van der Waals surface area contributed by atoms with E-state index >= 15 is 0 Å². The van der Waals surface area contributed by atoms with E-state index in [0.717, 1.165) is 25.7 Å². The van der Waals surface area contributed by atoms with E-state index in [4.69, 9.17) is 4.74 Å². The van der Waals surface area contributed by atoms with E-state index in [0.29, 0.717) is 19.4 Å². The van der Waals surface area contributed by atoms with Crippen LogP contribution >= 0.6 is 0 Å². The fourth-order valence-electron chi connectivity index (χ4n) is 2.74. The Morgan fingerprint density at radius 1 is 1.32 bits per heavy atom. The largest absolute Gasteiger partial charge is 0.467 e. The molecule has 1 saturated heterocycles. The summed E-state index contributed by atoms with van der Waals surface area (Å²) in [5.74, 6) is -1.35. The van der Waals surface area contributed by atoms with Crippen LogP contribution in [0.25, 0.3) is 0 Å². The molecule has 0 N–H and O–H groups in total. The van der Waals surface area contributed by atoms with Gasteiger partial charge in [-0.25, -0.2) is 4.79 Å². The monoisotopic (exact) mass is 309 g/mol. The first-order valence-corrected chi connectivity index (χ1v) is 8.05. The molecule has 0 radical (unpaired) electrons. The number of methoxy groups -OCH3 is 1. The topological polar surface area (TPSA) is 63.7 Å². The molecule has 0 aliphatic carbocycles. The van der Waals surface area contributed by atoms with Crippen molar-refractivity contribution in [3.05, 3.63) is 12.2 Å². The SMILES string of the molecule is CC=CCCCCC(=O)[C@H](C)C(=O)N1CCC[C@H]1C(=O)OC. The standard InChI is InChI=1S/C17H27NO4/c1-4-5-6-7-8-11-15(19)13(2)16(20)18-12-9-10-14(18)17(21)22-3/h4-5,13-14H,6-12H2,1-3H3/t13-,14-/m0/s1. The third kappa shape index (κ3) is 4.97. The summed E-state index contributed by atoms with van der Waals surface area (Å²) < 4.78 is 4.73. The molecular formula is C17H27NO4. The molecule has 5 nitrogen and oxygen atoms in total. The first-order chi connectivity index (χ1) is 10.5. The van der Waals surface area contributed by atoms with E-state index in [-0.39, 0.29) is 11.7 Å². The summed E-state index contributed by atoms with van der Waals surface area (Å²) in [7, 11) is 1.32. The number of nitrogens with zero attached hydrogens (tertiary/aromatic N) is 1. The maximum atomic E-state index is 12.4. The van der Waals surface area contributed by atoms with Crippen LogP contribution in [0.4, 0.5) is 0 Å². The molecule has 5 heteroatoms. The number of amides is 1. The molecule has 0 saturated carbocycles. The summed E-state index contributed by atoms with van der Waals surface area (Å²) in [4.78, 5) is 37.8. The number of rotatable bonds is 8. The zero-order valence-corrected chi connectivity index (χ0v) is 13.8. The van der Waals surface area contributed by atoms with Gasteiger partial charge in [-0.2, -0.15) is 0 Å². The third-order valence-corrected chi connectivity index (χ3v) is 4.14. The van der Waals surface area contributed by atoms with Crippen molar-refractivity contribution >= 4 is 17.7 Å². The van der Waals surface area contributed by atoms with Gasteiger partial charge < -0.3 is 9.64 Å². The molecule has 1 heterocycles. The van der Waals surface area contributed by atoms with Crippen molar-refractivity contribution in [1.29, 1.82) is 0 Å². The fourth-order valence-corrected chi connectivity index (χ4v) is 2.74. The minimum Gasteiger partial charge on any atom is -0.467 e. The first-order valence-electron chi connectivity index (χ1n) is 8.05. The van der Waals surface area contributed by atoms with E-state index in [9.17, 15) is 14.4 Å². The van der Waals surface area contributed by atoms with E-state index in [2.05, 4.69) is 6.08 Å². The van der Waals surface area contributed by atoms with Crippen molar-refractivity contribution in [1.82, 2.24) is 4.90 Å². The second-order valence-corrected chi connectivity index (χ2v) is 5.72. The minimum absolute atomic E-state index is 0.0407. The second-order valence-electron chi connectivity index (χ2n) is 5.72. The second kappa shape index (κ2) is 9.38. The molecule has 0 aromatic heterocycles. The zero-order valence-electron chi connectivity index (χ0n) is 13.8. The van der Waals surface area contributed by atoms with Gasteiger partial charge in [-0.05, 0) is 46.0 Å². The predicted octanol–water partition coefficient (Wildman–Crippen LogP) is 2.49. The van der Waals surface area contributed by atoms with Crippen molar-refractivity contribution in [2.24, 2.45) is 5.92 Å². The zero-order chi connectivity index (χ0) is 16.5. The maximum absolute atomic E-state index is 12.4. The van der Waals surface area contributed by atoms with Gasteiger partial charge in [-0.3, -0.25) is 9.59 Å². The molecule has 124 valence electrons. The Morgan fingerprint density at radius 2 is 2.05 bits per heavy atom. The summed E-state index contributed by atoms with van der Waals surface area (Å²) in [6, 6.07) is -0.526. The lowest BCUT2D eigenvalue weighted by Crippen LogP contribution is -2.45. The van der Waals surface area contributed by atoms with E-state index < -0.39 is 17.9 Å². The number of hydrogen-bond acceptors (Lipinski definition) is 4. The van der Waals surface area contributed by atoms with Crippen LogP contribution in [-0.4, -0.2) is 42.3 Å². The van der Waals surface area contributed by atoms with Crippen LogP contribution in [0.2, 0.25) is 0 Å². The molecule has 1 fully saturated rings. The van der Waals surface area contributed by atoms with Crippen molar-refractivity contribution in [2.75, 3.05) is 13.7 Å². The first kappa shape index (κ1) is 18.4. The summed E-state index contributed by atoms with van der Waals surface area (Å²) >= 11 is 0. The molecule has 1 aliphatic rings. The highest BCUT2D eigenvalue weighted by atomic mass is 16.5. The number of ether oxygens (including phenoxy) is 1. The van der Waals surface area contributed by atoms with Gasteiger partial charge in [0.05, 0.1) is 13.0 Å². The third-order valence-electron chi connectivity index (χ3n) is 4.14. The number of allylic oxidation sites excluding steroid dienone is 2. The fraction of sp³-hybridized carbons (Fsp3) is 0.706. The number of likely N-dealkylation sites (tertiary alicyclic amines) is 1. The van der Waals surface area contributed by atoms with Crippen molar-refractivity contribution in [2.45, 2.75) is 58.4 Å². The van der Waals surface area contributed by atoms with Crippen LogP contribution in [0.1, 0.15) is 52.4 Å². The number of Topliss-reactive ketones (excluding diaryl/α,β-unsaturated/α-hetero) is 1. The molecule has 0 spiro atoms. The Morgan fingerprint density at radius 3 is 2.68 bits per heavy atom. The van der Waals surface area contributed by atoms with Gasteiger partial charge in [0.2, 0.25) is 5.91 Å². The number of carbonyl (C=O) groups is 3. The number of carbonyl (C=O) groups excluding carboxylic acids is 3. The highest BCUT2D eigenvalue weighted by Crippen LogP contribution is 2.22. The lowest BCUT2D eigenvalue weighted by Gasteiger charge is -2.25. The van der Waals surface area contributed by atoms with Crippen molar-refractivity contribution in [3.63, 3.8) is 0 Å². The van der Waals surface area contributed by atoms with Gasteiger partial charge in [-0.15, -0.1) is 0 Å². The van der Waals surface area contributed by atoms with Crippen LogP contribution in [0, 0.1) is 5.92 Å². The molecular weight excluding hydrogens is 282 g/mol. The summed E-state index contributed by atoms with van der Waals surface area (Å²) in [6.07, 6.45) is 8.58. The Kier molecular flexibility index (Phi) is 7.85. The molecule has 2 atom stereocenters. The lowest BCUT2D eigenvalue weighted by atomic mass is 9.99. The summed E-state index contributed by atoms with van der Waals surface area (Å²) in [6.45, 7) is 4.14. The number of hydrogen-bond donors (Lipinski definition) is 0. The predicted molar refractivity (Wildman–Crippen MR) is 84.2 cm³/mol. The lowest BCUT2D eigenvalue weighted by molar-refractivity contribution is -0.153. The van der Waals surface area contributed by atoms with Gasteiger partial charge in [0, 0.05) is 13.0 Å². The molecule has 0 unspecified atom stereocenters. The van der Waals surface area contributed by atoms with Crippen LogP contribution in [0.5, 0.6) is 0 Å². The minimum atomic E-state index is -0.674. The highest BCUT2D eigenvalue weighted by molar-refractivity contribution is 6.02. The molecule has 1 aliphatic heterocycles. The van der Waals surface area contributed by atoms with Crippen molar-refractivity contribution < 1.29 is 19.1 Å². The average Bonchev–Trinajstić information content (AvgIpc) is 3.01. The van der Waals surface area contributed by atoms with E-state index in [1.165, 1.54) is 12.0 Å². The Hall–Kier alpha value is -1.65. The average molecular weight is 309 g/mol. The summed E-state index contributed by atoms with van der Waals surface area (Å²) in [5.41, 5.74) is 0. The van der Waals surface area contributed by atoms with Crippen LogP contribution < -0.4 is 0 Å². The van der Waals surface area contributed by atoms with Crippen molar-refractivity contribution in [3.8, 4) is 0 Å². The van der Waals surface area contributed by atoms with Gasteiger partial charge in [0.1, 0.15) is 11.8 Å². The summed E-state index contributed by atoms with van der Waals surface area (Å²) in [5, 5.41) is 0. The normalized spacial score (nSPS) is 19.4. The van der Waals surface area contributed by atoms with Crippen LogP contribution in [0.15, 0.2) is 12.2 Å². The van der Waals surface area contributed by atoms with Crippen LogP contribution in [0.3, 0.4) is 0 Å². The Bertz CT molecular complexity index is 430. The molecule has 0 bridgehead atoms.